The van der Waals surface area contributed by atoms with Crippen LogP contribution in [0.3, 0.4) is 0 Å². The molecule has 19 heavy (non-hydrogen) atoms. The zero-order chi connectivity index (χ0) is 13.9. The van der Waals surface area contributed by atoms with Crippen LogP contribution in [0.15, 0.2) is 24.3 Å². The quantitative estimate of drug-likeness (QED) is 0.863. The summed E-state index contributed by atoms with van der Waals surface area (Å²) in [6.45, 7) is 4.36. The number of hydrogen-bond acceptors (Lipinski definition) is 3. The second kappa shape index (κ2) is 6.04. The minimum atomic E-state index is -0.531. The molecule has 1 saturated heterocycles. The number of aliphatic hydroxyl groups is 1. The van der Waals surface area contributed by atoms with Crippen LogP contribution >= 0.6 is 11.6 Å². The molecule has 0 radical (unpaired) electrons. The van der Waals surface area contributed by atoms with E-state index >= 15 is 0 Å². The lowest BCUT2D eigenvalue weighted by Gasteiger charge is -2.35. The zero-order valence-corrected chi connectivity index (χ0v) is 12.0. The third-order valence-electron chi connectivity index (χ3n) is 3.75. The summed E-state index contributed by atoms with van der Waals surface area (Å²) in [6.07, 6.45) is 2.08. The fourth-order valence-corrected chi connectivity index (χ4v) is 2.42. The summed E-state index contributed by atoms with van der Waals surface area (Å²) in [4.78, 5) is 14.2. The Kier molecular flexibility index (Phi) is 4.61. The molecule has 4 heteroatoms. The first-order valence-electron chi connectivity index (χ1n) is 6.70. The van der Waals surface area contributed by atoms with Gasteiger partial charge in [0.2, 0.25) is 0 Å². The van der Waals surface area contributed by atoms with Crippen LogP contribution in [0.5, 0.6) is 0 Å². The molecule has 0 bridgehead atoms. The molecule has 0 unspecified atom stereocenters. The highest BCUT2D eigenvalue weighted by molar-refractivity contribution is 6.30. The number of benzene rings is 1. The smallest absolute Gasteiger partial charge is 0.164 e. The van der Waals surface area contributed by atoms with Crippen LogP contribution in [-0.4, -0.2) is 41.0 Å². The maximum absolute atomic E-state index is 12.0. The average Bonchev–Trinajstić information content (AvgIpc) is 2.38. The maximum atomic E-state index is 12.0. The van der Waals surface area contributed by atoms with E-state index in [1.165, 1.54) is 0 Å². The van der Waals surface area contributed by atoms with Gasteiger partial charge in [-0.2, -0.15) is 0 Å². The Bertz CT molecular complexity index is 432. The fraction of sp³-hybridized carbons (Fsp3) is 0.533. The minimum absolute atomic E-state index is 0.147. The SMILES string of the molecule is CC1(O)CCN(CCC(=O)c2ccc(Cl)cc2)CC1. The van der Waals surface area contributed by atoms with Gasteiger partial charge in [-0.15, -0.1) is 0 Å². The van der Waals surface area contributed by atoms with Crippen LogP contribution in [0.25, 0.3) is 0 Å². The third kappa shape index (κ3) is 4.30. The van der Waals surface area contributed by atoms with E-state index in [9.17, 15) is 9.90 Å². The van der Waals surface area contributed by atoms with Crippen molar-refractivity contribution in [3.8, 4) is 0 Å². The normalized spacial score (nSPS) is 19.3. The van der Waals surface area contributed by atoms with Gasteiger partial charge in [0.15, 0.2) is 5.78 Å². The van der Waals surface area contributed by atoms with Crippen molar-refractivity contribution in [1.82, 2.24) is 4.90 Å². The van der Waals surface area contributed by atoms with Crippen molar-refractivity contribution < 1.29 is 9.90 Å². The van der Waals surface area contributed by atoms with Gasteiger partial charge in [0.25, 0.3) is 0 Å². The number of piperidine rings is 1. The van der Waals surface area contributed by atoms with E-state index in [0.717, 1.165) is 32.5 Å². The highest BCUT2D eigenvalue weighted by Gasteiger charge is 2.27. The molecule has 3 nitrogen and oxygen atoms in total. The van der Waals surface area contributed by atoms with Crippen LogP contribution < -0.4 is 0 Å². The summed E-state index contributed by atoms with van der Waals surface area (Å²) in [7, 11) is 0. The third-order valence-corrected chi connectivity index (χ3v) is 4.01. The summed E-state index contributed by atoms with van der Waals surface area (Å²) in [6, 6.07) is 7.02. The van der Waals surface area contributed by atoms with Crippen molar-refractivity contribution in [3.05, 3.63) is 34.9 Å². The molecule has 1 aromatic rings. The van der Waals surface area contributed by atoms with E-state index in [-0.39, 0.29) is 5.78 Å². The van der Waals surface area contributed by atoms with E-state index in [4.69, 9.17) is 11.6 Å². The molecule has 0 spiro atoms. The van der Waals surface area contributed by atoms with Crippen LogP contribution in [-0.2, 0) is 0 Å². The number of rotatable bonds is 4. The minimum Gasteiger partial charge on any atom is -0.390 e. The molecule has 1 N–H and O–H groups in total. The number of nitrogens with zero attached hydrogens (tertiary/aromatic N) is 1. The summed E-state index contributed by atoms with van der Waals surface area (Å²) >= 11 is 5.80. The van der Waals surface area contributed by atoms with Crippen molar-refractivity contribution in [1.29, 1.82) is 0 Å². The van der Waals surface area contributed by atoms with Crippen LogP contribution in [0.2, 0.25) is 5.02 Å². The molecule has 0 atom stereocenters. The van der Waals surface area contributed by atoms with E-state index in [1.54, 1.807) is 24.3 Å². The van der Waals surface area contributed by atoms with Crippen molar-refractivity contribution in [2.75, 3.05) is 19.6 Å². The lowest BCUT2D eigenvalue weighted by molar-refractivity contribution is -0.00506. The Hall–Kier alpha value is -0.900. The molecule has 104 valence electrons. The van der Waals surface area contributed by atoms with Gasteiger partial charge in [0.1, 0.15) is 0 Å². The largest absolute Gasteiger partial charge is 0.390 e. The first kappa shape index (κ1) is 14.5. The number of ketones is 1. The Balaban J connectivity index is 1.80. The van der Waals surface area contributed by atoms with Crippen molar-refractivity contribution in [3.63, 3.8) is 0 Å². The first-order chi connectivity index (χ1) is 8.96. The monoisotopic (exact) mass is 281 g/mol. The topological polar surface area (TPSA) is 40.5 Å². The highest BCUT2D eigenvalue weighted by atomic mass is 35.5. The van der Waals surface area contributed by atoms with Gasteiger partial charge >= 0.3 is 0 Å². The molecule has 0 saturated carbocycles. The lowest BCUT2D eigenvalue weighted by Crippen LogP contribution is -2.43. The summed E-state index contributed by atoms with van der Waals surface area (Å²) < 4.78 is 0. The first-order valence-corrected chi connectivity index (χ1v) is 7.08. The Morgan fingerprint density at radius 3 is 2.47 bits per heavy atom. The molecule has 0 amide bonds. The van der Waals surface area contributed by atoms with Crippen molar-refractivity contribution in [2.45, 2.75) is 31.8 Å². The predicted octanol–water partition coefficient (Wildman–Crippen LogP) is 2.76. The Morgan fingerprint density at radius 1 is 1.32 bits per heavy atom. The molecule has 2 rings (SSSR count). The van der Waals surface area contributed by atoms with Crippen LogP contribution in [0.4, 0.5) is 0 Å². The molecule has 1 aliphatic rings. The van der Waals surface area contributed by atoms with E-state index in [0.29, 0.717) is 17.0 Å². The predicted molar refractivity (Wildman–Crippen MR) is 76.7 cm³/mol. The summed E-state index contributed by atoms with van der Waals surface area (Å²) in [5, 5.41) is 10.5. The van der Waals surface area contributed by atoms with Gasteiger partial charge in [0, 0.05) is 36.6 Å². The standard InChI is InChI=1S/C15H20ClNO2/c1-15(19)7-10-17(11-8-15)9-6-14(18)12-2-4-13(16)5-3-12/h2-5,19H,6-11H2,1H3. The number of Topliss-reactive ketones (excluding diaryl/α,β-unsaturated/α-hetero) is 1. The summed E-state index contributed by atoms with van der Waals surface area (Å²) in [5.41, 5.74) is 0.185. The van der Waals surface area contributed by atoms with Gasteiger partial charge in [-0.3, -0.25) is 4.79 Å². The zero-order valence-electron chi connectivity index (χ0n) is 11.2. The lowest BCUT2D eigenvalue weighted by atomic mass is 9.93. The molecule has 1 aliphatic heterocycles. The molecular formula is C15H20ClNO2. The number of carbonyl (C=O) groups excluding carboxylic acids is 1. The molecule has 1 heterocycles. The number of halogens is 1. The highest BCUT2D eigenvalue weighted by Crippen LogP contribution is 2.21. The number of carbonyl (C=O) groups is 1. The van der Waals surface area contributed by atoms with E-state index in [1.807, 2.05) is 6.92 Å². The summed E-state index contributed by atoms with van der Waals surface area (Å²) in [5.74, 6) is 0.147. The molecule has 0 aromatic heterocycles. The maximum Gasteiger partial charge on any atom is 0.164 e. The van der Waals surface area contributed by atoms with Crippen molar-refractivity contribution in [2.24, 2.45) is 0 Å². The second-order valence-electron chi connectivity index (χ2n) is 5.52. The second-order valence-corrected chi connectivity index (χ2v) is 5.96. The van der Waals surface area contributed by atoms with E-state index < -0.39 is 5.60 Å². The average molecular weight is 282 g/mol. The van der Waals surface area contributed by atoms with Crippen LogP contribution in [0.1, 0.15) is 36.5 Å². The van der Waals surface area contributed by atoms with Gasteiger partial charge in [-0.05, 0) is 44.0 Å². The molecule has 1 fully saturated rings. The van der Waals surface area contributed by atoms with E-state index in [2.05, 4.69) is 4.90 Å². The van der Waals surface area contributed by atoms with Gasteiger partial charge in [-0.25, -0.2) is 0 Å². The molecule has 0 aliphatic carbocycles. The van der Waals surface area contributed by atoms with Gasteiger partial charge in [-0.1, -0.05) is 11.6 Å². The van der Waals surface area contributed by atoms with Crippen molar-refractivity contribution >= 4 is 17.4 Å². The molecule has 1 aromatic carbocycles. The Labute approximate surface area is 119 Å². The Morgan fingerprint density at radius 2 is 1.89 bits per heavy atom. The molecular weight excluding hydrogens is 262 g/mol. The fourth-order valence-electron chi connectivity index (χ4n) is 2.30. The number of likely N-dealkylation sites (tertiary alicyclic amines) is 1. The van der Waals surface area contributed by atoms with Gasteiger partial charge < -0.3 is 10.0 Å². The van der Waals surface area contributed by atoms with Crippen LogP contribution in [0, 0.1) is 0 Å². The number of hydrogen-bond donors (Lipinski definition) is 1. The van der Waals surface area contributed by atoms with Gasteiger partial charge in [0.05, 0.1) is 5.60 Å².